The Balaban J connectivity index is 1.59. The first-order chi connectivity index (χ1) is 15.3. The summed E-state index contributed by atoms with van der Waals surface area (Å²) in [6.45, 7) is 1.86. The molecular weight excluding hydrogens is 453 g/mol. The van der Waals surface area contributed by atoms with E-state index in [1.54, 1.807) is 5.38 Å². The number of halogens is 1. The van der Waals surface area contributed by atoms with Gasteiger partial charge in [0.2, 0.25) is 0 Å². The minimum absolute atomic E-state index is 0.00360. The molecule has 0 bridgehead atoms. The molecule has 1 atom stereocenters. The van der Waals surface area contributed by atoms with Crippen molar-refractivity contribution in [3.63, 3.8) is 0 Å². The van der Waals surface area contributed by atoms with Gasteiger partial charge in [-0.05, 0) is 36.8 Å². The van der Waals surface area contributed by atoms with E-state index in [-0.39, 0.29) is 16.2 Å². The molecular formula is C22H20FN3O4S2. The maximum atomic E-state index is 15.0. The predicted octanol–water partition coefficient (Wildman–Crippen LogP) is 4.87. The first kappa shape index (κ1) is 20.9. The van der Waals surface area contributed by atoms with Crippen LogP contribution in [0, 0.1) is 5.82 Å². The number of rotatable bonds is 6. The molecule has 0 saturated heterocycles. The lowest BCUT2D eigenvalue weighted by atomic mass is 9.77. The lowest BCUT2D eigenvalue weighted by molar-refractivity contribution is 0.412. The third kappa shape index (κ3) is 3.53. The molecule has 2 aromatic carbocycles. The fraction of sp³-hybridized carbons (Fsp3) is 0.273. The van der Waals surface area contributed by atoms with Crippen molar-refractivity contribution in [2.24, 2.45) is 0 Å². The molecule has 0 amide bonds. The number of hydrogen-bond acceptors (Lipinski definition) is 6. The molecule has 1 fully saturated rings. The van der Waals surface area contributed by atoms with Crippen molar-refractivity contribution in [3.05, 3.63) is 75.5 Å². The van der Waals surface area contributed by atoms with Crippen LogP contribution in [0.5, 0.6) is 0 Å². The second kappa shape index (κ2) is 7.86. The van der Waals surface area contributed by atoms with Crippen molar-refractivity contribution in [1.82, 2.24) is 9.55 Å². The number of oxazole rings is 1. The number of sulfonamides is 1. The zero-order chi connectivity index (χ0) is 22.5. The molecule has 0 aliphatic heterocycles. The van der Waals surface area contributed by atoms with E-state index in [1.807, 2.05) is 25.1 Å². The number of anilines is 1. The average molecular weight is 474 g/mol. The van der Waals surface area contributed by atoms with E-state index in [4.69, 9.17) is 4.42 Å². The Morgan fingerprint density at radius 2 is 2.06 bits per heavy atom. The SMILES string of the molecule is C[C@H](c1ccccc1C1CCC1)n1c(=O)oc2cc(S(=O)(=O)Nc3nccs3)c(F)cc21. The Morgan fingerprint density at radius 3 is 2.75 bits per heavy atom. The molecule has 1 saturated carbocycles. The highest BCUT2D eigenvalue weighted by Gasteiger charge is 2.28. The third-order valence-corrected chi connectivity index (χ3v) is 8.16. The summed E-state index contributed by atoms with van der Waals surface area (Å²) in [5, 5.41) is 1.71. The zero-order valence-electron chi connectivity index (χ0n) is 17.1. The Morgan fingerprint density at radius 1 is 1.28 bits per heavy atom. The summed E-state index contributed by atoms with van der Waals surface area (Å²) in [5.74, 6) is -1.19. The lowest BCUT2D eigenvalue weighted by Crippen LogP contribution is -2.22. The normalized spacial score (nSPS) is 15.6. The number of benzene rings is 2. The number of fused-ring (bicyclic) bond motifs is 1. The van der Waals surface area contributed by atoms with E-state index in [9.17, 15) is 17.6 Å². The first-order valence-electron chi connectivity index (χ1n) is 10.2. The molecule has 5 rings (SSSR count). The molecule has 32 heavy (non-hydrogen) atoms. The number of nitrogens with one attached hydrogen (secondary N) is 1. The van der Waals surface area contributed by atoms with Crippen molar-refractivity contribution in [2.45, 2.75) is 43.0 Å². The van der Waals surface area contributed by atoms with Gasteiger partial charge in [0.25, 0.3) is 10.0 Å². The summed E-state index contributed by atoms with van der Waals surface area (Å²) in [7, 11) is -4.24. The van der Waals surface area contributed by atoms with Gasteiger partial charge < -0.3 is 4.42 Å². The Hall–Kier alpha value is -2.98. The standard InChI is InChI=1S/C22H20FN3O4S2/c1-13(15-7-2-3-8-16(15)14-5-4-6-14)26-18-11-17(23)20(12-19(18)30-22(26)27)32(28,29)25-21-24-9-10-31-21/h2-3,7-14H,4-6H2,1H3,(H,24,25)/t13-/m1/s1. The Kier molecular flexibility index (Phi) is 5.13. The average Bonchev–Trinajstić information content (AvgIpc) is 3.32. The maximum absolute atomic E-state index is 15.0. The van der Waals surface area contributed by atoms with Crippen LogP contribution in [-0.4, -0.2) is 18.0 Å². The van der Waals surface area contributed by atoms with Crippen molar-refractivity contribution >= 4 is 37.6 Å². The summed E-state index contributed by atoms with van der Waals surface area (Å²) in [5.41, 5.74) is 2.37. The van der Waals surface area contributed by atoms with Gasteiger partial charge in [-0.15, -0.1) is 11.3 Å². The summed E-state index contributed by atoms with van der Waals surface area (Å²) in [6.07, 6.45) is 4.82. The molecule has 1 N–H and O–H groups in total. The van der Waals surface area contributed by atoms with Gasteiger partial charge in [0.05, 0.1) is 11.6 Å². The van der Waals surface area contributed by atoms with E-state index in [2.05, 4.69) is 15.8 Å². The summed E-state index contributed by atoms with van der Waals surface area (Å²) < 4.78 is 49.3. The van der Waals surface area contributed by atoms with Crippen LogP contribution in [0.1, 0.15) is 49.3 Å². The largest absolute Gasteiger partial charge is 0.420 e. The Labute approximate surface area is 187 Å². The van der Waals surface area contributed by atoms with E-state index < -0.39 is 32.5 Å². The van der Waals surface area contributed by atoms with Crippen molar-refractivity contribution in [3.8, 4) is 0 Å². The van der Waals surface area contributed by atoms with Crippen LogP contribution < -0.4 is 10.5 Å². The van der Waals surface area contributed by atoms with E-state index in [0.717, 1.165) is 41.9 Å². The number of nitrogens with zero attached hydrogens (tertiary/aromatic N) is 2. The molecule has 0 spiro atoms. The number of aromatic nitrogens is 2. The minimum atomic E-state index is -4.24. The van der Waals surface area contributed by atoms with Crippen LogP contribution in [0.3, 0.4) is 0 Å². The molecule has 2 heterocycles. The van der Waals surface area contributed by atoms with Gasteiger partial charge in [0, 0.05) is 23.7 Å². The quantitative estimate of drug-likeness (QED) is 0.431. The second-order valence-corrected chi connectivity index (χ2v) is 10.4. The molecule has 1 aliphatic rings. The summed E-state index contributed by atoms with van der Waals surface area (Å²) >= 11 is 1.07. The van der Waals surface area contributed by atoms with Gasteiger partial charge in [0.1, 0.15) is 10.7 Å². The van der Waals surface area contributed by atoms with Crippen LogP contribution in [0.2, 0.25) is 0 Å². The minimum Gasteiger partial charge on any atom is -0.408 e. The van der Waals surface area contributed by atoms with E-state index >= 15 is 0 Å². The van der Waals surface area contributed by atoms with E-state index in [1.165, 1.54) is 22.7 Å². The number of thiazole rings is 1. The third-order valence-electron chi connectivity index (χ3n) is 5.99. The summed E-state index contributed by atoms with van der Waals surface area (Å²) in [6, 6.07) is 9.61. The lowest BCUT2D eigenvalue weighted by Gasteiger charge is -2.29. The fourth-order valence-electron chi connectivity index (χ4n) is 4.17. The molecule has 0 radical (unpaired) electrons. The van der Waals surface area contributed by atoms with Gasteiger partial charge in [-0.1, -0.05) is 30.7 Å². The van der Waals surface area contributed by atoms with Gasteiger partial charge in [-0.3, -0.25) is 9.29 Å². The Bertz CT molecular complexity index is 1450. The topological polar surface area (TPSA) is 94.2 Å². The molecule has 166 valence electrons. The maximum Gasteiger partial charge on any atom is 0.420 e. The van der Waals surface area contributed by atoms with Crippen LogP contribution in [0.25, 0.3) is 11.1 Å². The van der Waals surface area contributed by atoms with Crippen LogP contribution >= 0.6 is 11.3 Å². The highest BCUT2D eigenvalue weighted by molar-refractivity contribution is 7.93. The monoisotopic (exact) mass is 473 g/mol. The molecule has 4 aromatic rings. The molecule has 0 unspecified atom stereocenters. The molecule has 10 heteroatoms. The second-order valence-electron chi connectivity index (χ2n) is 7.86. The molecule has 1 aliphatic carbocycles. The zero-order valence-corrected chi connectivity index (χ0v) is 18.7. The van der Waals surface area contributed by atoms with E-state index in [0.29, 0.717) is 5.92 Å². The molecule has 7 nitrogen and oxygen atoms in total. The highest BCUT2D eigenvalue weighted by Crippen LogP contribution is 2.40. The van der Waals surface area contributed by atoms with Gasteiger partial charge in [-0.2, -0.15) is 0 Å². The van der Waals surface area contributed by atoms with Gasteiger partial charge >= 0.3 is 5.76 Å². The van der Waals surface area contributed by atoms with Gasteiger partial charge in [0.15, 0.2) is 10.7 Å². The van der Waals surface area contributed by atoms with Gasteiger partial charge in [-0.25, -0.2) is 22.6 Å². The summed E-state index contributed by atoms with van der Waals surface area (Å²) in [4.78, 5) is 16.0. The fourth-order valence-corrected chi connectivity index (χ4v) is 6.04. The van der Waals surface area contributed by atoms with Crippen LogP contribution in [-0.2, 0) is 10.0 Å². The smallest absolute Gasteiger partial charge is 0.408 e. The van der Waals surface area contributed by atoms with Crippen LogP contribution in [0.4, 0.5) is 9.52 Å². The first-order valence-corrected chi connectivity index (χ1v) is 12.6. The van der Waals surface area contributed by atoms with Crippen molar-refractivity contribution in [2.75, 3.05) is 4.72 Å². The van der Waals surface area contributed by atoms with Crippen molar-refractivity contribution in [1.29, 1.82) is 0 Å². The molecule has 2 aromatic heterocycles. The number of hydrogen-bond donors (Lipinski definition) is 1. The van der Waals surface area contributed by atoms with Crippen LogP contribution in [0.15, 0.2) is 62.1 Å². The highest BCUT2D eigenvalue weighted by atomic mass is 32.2. The van der Waals surface area contributed by atoms with Crippen molar-refractivity contribution < 1.29 is 17.2 Å². The predicted molar refractivity (Wildman–Crippen MR) is 120 cm³/mol.